The lowest BCUT2D eigenvalue weighted by Gasteiger charge is -2.13. The molecule has 1 aromatic carbocycles. The Labute approximate surface area is 160 Å². The van der Waals surface area contributed by atoms with Gasteiger partial charge in [-0.2, -0.15) is 0 Å². The number of amides is 1. The molecule has 1 amide bonds. The van der Waals surface area contributed by atoms with Crippen LogP contribution in [0.15, 0.2) is 35.6 Å². The van der Waals surface area contributed by atoms with Gasteiger partial charge in [0.15, 0.2) is 5.96 Å². The number of nitrogens with zero attached hydrogens (tertiary/aromatic N) is 4. The number of aryl methyl sites for hydroxylation is 1. The summed E-state index contributed by atoms with van der Waals surface area (Å²) in [6.45, 7) is 6.16. The third-order valence-corrected chi connectivity index (χ3v) is 4.03. The van der Waals surface area contributed by atoms with E-state index in [9.17, 15) is 4.79 Å². The van der Waals surface area contributed by atoms with E-state index in [-0.39, 0.29) is 5.91 Å². The van der Waals surface area contributed by atoms with Crippen molar-refractivity contribution in [1.29, 1.82) is 0 Å². The van der Waals surface area contributed by atoms with Crippen LogP contribution in [0.3, 0.4) is 0 Å². The van der Waals surface area contributed by atoms with Gasteiger partial charge in [-0.05, 0) is 24.1 Å². The van der Waals surface area contributed by atoms with Crippen LogP contribution in [0.1, 0.15) is 38.1 Å². The number of aliphatic imine (C=N–C) groups is 1. The Morgan fingerprint density at radius 1 is 1.26 bits per heavy atom. The molecular weight excluding hydrogens is 342 g/mol. The number of rotatable bonds is 9. The number of hydrogen-bond acceptors (Lipinski definition) is 4. The molecule has 0 spiro atoms. The Balaban J connectivity index is 1.80. The molecule has 0 aliphatic heterocycles. The van der Waals surface area contributed by atoms with E-state index in [1.807, 2.05) is 35.8 Å². The Morgan fingerprint density at radius 2 is 2.11 bits per heavy atom. The van der Waals surface area contributed by atoms with Gasteiger partial charge in [0.2, 0.25) is 5.91 Å². The Hall–Kier alpha value is -2.90. The third-order valence-electron chi connectivity index (χ3n) is 4.03. The van der Waals surface area contributed by atoms with Crippen molar-refractivity contribution in [2.24, 2.45) is 4.99 Å². The molecular formula is C19H29N7O. The first kappa shape index (κ1) is 20.4. The van der Waals surface area contributed by atoms with Crippen molar-refractivity contribution in [3.05, 3.63) is 42.0 Å². The van der Waals surface area contributed by atoms with Crippen LogP contribution in [-0.2, 0) is 24.3 Å². The fourth-order valence-electron chi connectivity index (χ4n) is 2.65. The van der Waals surface area contributed by atoms with Crippen molar-refractivity contribution < 1.29 is 4.79 Å². The number of benzene rings is 1. The minimum atomic E-state index is 0.0422. The molecule has 0 saturated carbocycles. The number of aromatic nitrogens is 3. The lowest BCUT2D eigenvalue weighted by molar-refractivity contribution is -0.116. The standard InChI is InChI=1S/C19H29N7O/c1-4-7-18(27)24-16-9-6-8-15(12-16)13-22-19(20-3)21-10-11-26-14-23-25-17(26)5-2/h6,8-9,12,14H,4-5,7,10-11,13H2,1-3H3,(H,24,27)(H2,20,21,22). The van der Waals surface area contributed by atoms with Crippen molar-refractivity contribution in [3.8, 4) is 0 Å². The zero-order chi connectivity index (χ0) is 19.5. The molecule has 146 valence electrons. The van der Waals surface area contributed by atoms with E-state index in [1.165, 1.54) is 0 Å². The Kier molecular flexibility index (Phi) is 8.28. The van der Waals surface area contributed by atoms with Crippen LogP contribution in [0.25, 0.3) is 0 Å². The van der Waals surface area contributed by atoms with Gasteiger partial charge in [-0.15, -0.1) is 10.2 Å². The summed E-state index contributed by atoms with van der Waals surface area (Å²) < 4.78 is 2.03. The van der Waals surface area contributed by atoms with Crippen LogP contribution in [0.4, 0.5) is 5.69 Å². The average Bonchev–Trinajstić information content (AvgIpc) is 3.12. The molecule has 8 nitrogen and oxygen atoms in total. The second kappa shape index (κ2) is 10.9. The molecule has 2 aromatic rings. The quantitative estimate of drug-likeness (QED) is 0.462. The summed E-state index contributed by atoms with van der Waals surface area (Å²) in [6, 6.07) is 7.82. The summed E-state index contributed by atoms with van der Waals surface area (Å²) >= 11 is 0. The van der Waals surface area contributed by atoms with Crippen LogP contribution in [0.5, 0.6) is 0 Å². The maximum absolute atomic E-state index is 11.7. The highest BCUT2D eigenvalue weighted by Crippen LogP contribution is 2.11. The summed E-state index contributed by atoms with van der Waals surface area (Å²) in [4.78, 5) is 16.0. The lowest BCUT2D eigenvalue weighted by Crippen LogP contribution is -2.38. The average molecular weight is 371 g/mol. The van der Waals surface area contributed by atoms with Gasteiger partial charge in [-0.1, -0.05) is 26.0 Å². The summed E-state index contributed by atoms with van der Waals surface area (Å²) in [5.74, 6) is 1.74. The first-order chi connectivity index (χ1) is 13.2. The molecule has 0 aliphatic carbocycles. The monoisotopic (exact) mass is 371 g/mol. The van der Waals surface area contributed by atoms with Crippen molar-refractivity contribution in [3.63, 3.8) is 0 Å². The Bertz CT molecular complexity index is 754. The molecule has 0 radical (unpaired) electrons. The maximum atomic E-state index is 11.7. The number of carbonyl (C=O) groups is 1. The van der Waals surface area contributed by atoms with E-state index in [1.54, 1.807) is 13.4 Å². The van der Waals surface area contributed by atoms with Gasteiger partial charge in [-0.3, -0.25) is 9.79 Å². The van der Waals surface area contributed by atoms with Gasteiger partial charge in [0.1, 0.15) is 12.2 Å². The molecule has 1 heterocycles. The van der Waals surface area contributed by atoms with Gasteiger partial charge in [-0.25, -0.2) is 0 Å². The van der Waals surface area contributed by atoms with Crippen LogP contribution in [0.2, 0.25) is 0 Å². The summed E-state index contributed by atoms with van der Waals surface area (Å²) in [5, 5.41) is 17.5. The van der Waals surface area contributed by atoms with E-state index in [0.29, 0.717) is 13.0 Å². The first-order valence-electron chi connectivity index (χ1n) is 9.36. The van der Waals surface area contributed by atoms with E-state index in [4.69, 9.17) is 0 Å². The lowest BCUT2D eigenvalue weighted by atomic mass is 10.2. The predicted octanol–water partition coefficient (Wildman–Crippen LogP) is 1.94. The van der Waals surface area contributed by atoms with Crippen LogP contribution in [-0.4, -0.2) is 40.2 Å². The second-order valence-corrected chi connectivity index (χ2v) is 6.15. The molecule has 0 atom stereocenters. The summed E-state index contributed by atoms with van der Waals surface area (Å²) in [7, 11) is 1.74. The minimum Gasteiger partial charge on any atom is -0.355 e. The van der Waals surface area contributed by atoms with E-state index in [0.717, 1.165) is 49.0 Å². The highest BCUT2D eigenvalue weighted by molar-refractivity contribution is 5.90. The molecule has 0 saturated heterocycles. The number of hydrogen-bond donors (Lipinski definition) is 3. The van der Waals surface area contributed by atoms with Crippen LogP contribution >= 0.6 is 0 Å². The van der Waals surface area contributed by atoms with E-state index < -0.39 is 0 Å². The van der Waals surface area contributed by atoms with Gasteiger partial charge >= 0.3 is 0 Å². The smallest absolute Gasteiger partial charge is 0.224 e. The molecule has 8 heteroatoms. The Morgan fingerprint density at radius 3 is 2.85 bits per heavy atom. The van der Waals surface area contributed by atoms with Crippen LogP contribution in [0, 0.1) is 0 Å². The van der Waals surface area contributed by atoms with Crippen LogP contribution < -0.4 is 16.0 Å². The van der Waals surface area contributed by atoms with Gasteiger partial charge < -0.3 is 20.5 Å². The summed E-state index contributed by atoms with van der Waals surface area (Å²) in [6.07, 6.45) is 3.97. The second-order valence-electron chi connectivity index (χ2n) is 6.15. The van der Waals surface area contributed by atoms with Crippen molar-refractivity contribution >= 4 is 17.6 Å². The number of carbonyl (C=O) groups excluding carboxylic acids is 1. The van der Waals surface area contributed by atoms with E-state index >= 15 is 0 Å². The number of anilines is 1. The highest BCUT2D eigenvalue weighted by atomic mass is 16.1. The van der Waals surface area contributed by atoms with Crippen molar-refractivity contribution in [2.75, 3.05) is 18.9 Å². The van der Waals surface area contributed by atoms with Gasteiger partial charge in [0.25, 0.3) is 0 Å². The molecule has 1 aromatic heterocycles. The predicted molar refractivity (Wildman–Crippen MR) is 108 cm³/mol. The summed E-state index contributed by atoms with van der Waals surface area (Å²) in [5.41, 5.74) is 1.88. The van der Waals surface area contributed by atoms with Crippen molar-refractivity contribution in [2.45, 2.75) is 46.2 Å². The molecule has 27 heavy (non-hydrogen) atoms. The number of guanidine groups is 1. The SMILES string of the molecule is CCCC(=O)Nc1cccc(CNC(=NC)NCCn2cnnc2CC)c1. The zero-order valence-corrected chi connectivity index (χ0v) is 16.3. The maximum Gasteiger partial charge on any atom is 0.224 e. The number of nitrogens with one attached hydrogen (secondary N) is 3. The fourth-order valence-corrected chi connectivity index (χ4v) is 2.65. The van der Waals surface area contributed by atoms with Crippen molar-refractivity contribution in [1.82, 2.24) is 25.4 Å². The fraction of sp³-hybridized carbons (Fsp3) is 0.474. The molecule has 0 fully saturated rings. The molecule has 3 N–H and O–H groups in total. The largest absolute Gasteiger partial charge is 0.355 e. The highest BCUT2D eigenvalue weighted by Gasteiger charge is 2.04. The molecule has 0 aliphatic rings. The molecule has 2 rings (SSSR count). The molecule has 0 bridgehead atoms. The first-order valence-corrected chi connectivity index (χ1v) is 9.36. The van der Waals surface area contributed by atoms with Gasteiger partial charge in [0, 0.05) is 45.2 Å². The topological polar surface area (TPSA) is 96.2 Å². The van der Waals surface area contributed by atoms with Gasteiger partial charge in [0.05, 0.1) is 0 Å². The van der Waals surface area contributed by atoms with E-state index in [2.05, 4.69) is 38.1 Å². The third kappa shape index (κ3) is 6.73. The molecule has 0 unspecified atom stereocenters. The minimum absolute atomic E-state index is 0.0422. The normalized spacial score (nSPS) is 11.3. The zero-order valence-electron chi connectivity index (χ0n) is 16.3.